The topological polar surface area (TPSA) is 0 Å². The molecule has 0 saturated heterocycles. The number of hydrogen-bond donors (Lipinski definition) is 0. The van der Waals surface area contributed by atoms with Crippen LogP contribution in [0.25, 0.3) is 0 Å². The van der Waals surface area contributed by atoms with Crippen LogP contribution in [0, 0.1) is 13.0 Å². The van der Waals surface area contributed by atoms with Crippen LogP contribution in [0.15, 0.2) is 18.2 Å². The minimum atomic E-state index is 0. The first-order valence-corrected chi connectivity index (χ1v) is 4.40. The average Bonchev–Trinajstić information content (AvgIpc) is 2.04. The van der Waals surface area contributed by atoms with E-state index in [2.05, 4.69) is 32.9 Å². The third kappa shape index (κ3) is 8.25. The molecule has 0 fully saturated rings. The quantitative estimate of drug-likeness (QED) is 0.385. The maximum Gasteiger partial charge on any atom is 0 e. The molecule has 1 aromatic carbocycles. The van der Waals surface area contributed by atoms with E-state index in [9.17, 15) is 0 Å². The molecule has 1 rings (SSSR count). The predicted octanol–water partition coefficient (Wildman–Crippen LogP) is 3.15. The minimum Gasteiger partial charge on any atom is -0.286 e. The molecule has 0 aliphatic rings. The Balaban J connectivity index is -0.000000480. The molecule has 0 unspecified atom stereocenters. The first-order valence-electron chi connectivity index (χ1n) is 3.99. The van der Waals surface area contributed by atoms with Crippen molar-refractivity contribution in [2.75, 3.05) is 0 Å². The summed E-state index contributed by atoms with van der Waals surface area (Å²) in [7, 11) is 0. The summed E-state index contributed by atoms with van der Waals surface area (Å²) in [4.78, 5) is 0.658. The largest absolute Gasteiger partial charge is 0.286 e. The van der Waals surface area contributed by atoms with Crippen LogP contribution in [-0.2, 0) is 98.1 Å². The van der Waals surface area contributed by atoms with E-state index in [1.807, 2.05) is 12.1 Å². The Morgan fingerprint density at radius 2 is 1.80 bits per heavy atom. The fraction of sp³-hybridized carbons (Fsp3) is 0.273. The molecular formula is C11H12SY3-2. The van der Waals surface area contributed by atoms with Gasteiger partial charge in [0.15, 0.2) is 0 Å². The second-order valence-corrected chi connectivity index (χ2v) is 3.61. The van der Waals surface area contributed by atoms with E-state index < -0.39 is 0 Å². The molecule has 4 heteroatoms. The van der Waals surface area contributed by atoms with E-state index in [-0.39, 0.29) is 98.1 Å². The summed E-state index contributed by atoms with van der Waals surface area (Å²) in [5.74, 6) is 0.550. The molecule has 0 atom stereocenters. The van der Waals surface area contributed by atoms with Crippen molar-refractivity contribution in [1.29, 1.82) is 0 Å². The normalized spacial score (nSPS) is 8.20. The predicted molar refractivity (Wildman–Crippen MR) is 56.4 cm³/mol. The van der Waals surface area contributed by atoms with Gasteiger partial charge in [-0.1, -0.05) is 19.8 Å². The van der Waals surface area contributed by atoms with Crippen molar-refractivity contribution >= 4 is 17.1 Å². The van der Waals surface area contributed by atoms with Crippen LogP contribution in [-0.4, -0.2) is 4.86 Å². The van der Waals surface area contributed by atoms with Crippen LogP contribution in [0.1, 0.15) is 30.9 Å². The molecular weight excluding hydrogens is 431 g/mol. The van der Waals surface area contributed by atoms with E-state index in [1.165, 1.54) is 5.56 Å². The standard InChI is InChI=1S/C11H12S.3Y/c1-8(2)10-4-6-11(7-5-10)9(3)12;;;/h4-6,8H,3H2,1-2H3;;;/q-2;;;. The van der Waals surface area contributed by atoms with Crippen molar-refractivity contribution in [3.8, 4) is 0 Å². The summed E-state index contributed by atoms with van der Waals surface area (Å²) >= 11 is 4.93. The molecule has 0 heterocycles. The van der Waals surface area contributed by atoms with Crippen molar-refractivity contribution in [3.05, 3.63) is 42.3 Å². The molecule has 0 N–H and O–H groups in total. The van der Waals surface area contributed by atoms with Crippen molar-refractivity contribution in [2.45, 2.75) is 19.8 Å². The van der Waals surface area contributed by atoms with E-state index >= 15 is 0 Å². The van der Waals surface area contributed by atoms with Gasteiger partial charge in [-0.2, -0.15) is 24.4 Å². The molecule has 1 aromatic rings. The monoisotopic (exact) mass is 443 g/mol. The van der Waals surface area contributed by atoms with Gasteiger partial charge in [0.2, 0.25) is 0 Å². The van der Waals surface area contributed by atoms with Crippen molar-refractivity contribution in [3.63, 3.8) is 0 Å². The number of thiocarbonyl (C=S) groups is 1. The first-order chi connectivity index (χ1) is 5.61. The van der Waals surface area contributed by atoms with Gasteiger partial charge in [0.25, 0.3) is 0 Å². The SMILES string of the molecule is [CH2-]C(=S)c1[c-]cc(C(C)C)cc1.[Y].[Y].[Y]. The summed E-state index contributed by atoms with van der Waals surface area (Å²) < 4.78 is 0. The fourth-order valence-corrected chi connectivity index (χ4v) is 1.10. The van der Waals surface area contributed by atoms with Gasteiger partial charge < -0.3 is 0 Å². The molecule has 0 saturated carbocycles. The second-order valence-electron chi connectivity index (χ2n) is 3.11. The van der Waals surface area contributed by atoms with Gasteiger partial charge in [0.05, 0.1) is 0 Å². The van der Waals surface area contributed by atoms with Gasteiger partial charge in [-0.15, -0.1) is 5.56 Å². The molecule has 15 heavy (non-hydrogen) atoms. The molecule has 0 nitrogen and oxygen atoms in total. The Labute approximate surface area is 174 Å². The smallest absolute Gasteiger partial charge is 0 e. The number of benzene rings is 1. The molecule has 0 bridgehead atoms. The van der Waals surface area contributed by atoms with Crippen LogP contribution >= 0.6 is 12.2 Å². The van der Waals surface area contributed by atoms with Crippen molar-refractivity contribution < 1.29 is 98.1 Å². The molecule has 0 aliphatic carbocycles. The zero-order valence-electron chi connectivity index (χ0n) is 9.16. The van der Waals surface area contributed by atoms with Gasteiger partial charge in [0, 0.05) is 98.1 Å². The van der Waals surface area contributed by atoms with Crippen LogP contribution in [0.4, 0.5) is 0 Å². The Bertz CT molecular complexity index is 280. The summed E-state index contributed by atoms with van der Waals surface area (Å²) in [6.07, 6.45) is 0. The summed E-state index contributed by atoms with van der Waals surface area (Å²) in [5, 5.41) is 0. The van der Waals surface area contributed by atoms with Gasteiger partial charge in [-0.25, -0.2) is 17.0 Å². The third-order valence-corrected chi connectivity index (χ3v) is 2.02. The molecule has 0 spiro atoms. The molecule has 3 radical (unpaired) electrons. The summed E-state index contributed by atoms with van der Waals surface area (Å²) in [6, 6.07) is 9.15. The van der Waals surface area contributed by atoms with Gasteiger partial charge in [-0.3, -0.25) is 12.5 Å². The van der Waals surface area contributed by atoms with E-state index in [0.29, 0.717) is 10.8 Å². The van der Waals surface area contributed by atoms with E-state index in [1.54, 1.807) is 0 Å². The van der Waals surface area contributed by atoms with E-state index in [4.69, 9.17) is 12.2 Å². The fourth-order valence-electron chi connectivity index (χ4n) is 0.969. The first kappa shape index (κ1) is 22.7. The Morgan fingerprint density at radius 3 is 2.07 bits per heavy atom. The van der Waals surface area contributed by atoms with Gasteiger partial charge in [-0.05, 0) is 0 Å². The van der Waals surface area contributed by atoms with Crippen molar-refractivity contribution in [2.24, 2.45) is 0 Å². The second kappa shape index (κ2) is 11.6. The third-order valence-electron chi connectivity index (χ3n) is 1.80. The summed E-state index contributed by atoms with van der Waals surface area (Å²) in [5.41, 5.74) is 2.21. The molecule has 0 aliphatic heterocycles. The zero-order chi connectivity index (χ0) is 9.14. The average molecular weight is 443 g/mol. The van der Waals surface area contributed by atoms with Crippen molar-refractivity contribution in [1.82, 2.24) is 0 Å². The Morgan fingerprint density at radius 1 is 1.27 bits per heavy atom. The number of rotatable bonds is 2. The van der Waals surface area contributed by atoms with Gasteiger partial charge >= 0.3 is 0 Å². The van der Waals surface area contributed by atoms with Crippen LogP contribution < -0.4 is 0 Å². The van der Waals surface area contributed by atoms with Gasteiger partial charge in [0.1, 0.15) is 0 Å². The van der Waals surface area contributed by atoms with E-state index in [0.717, 1.165) is 5.56 Å². The molecule has 0 aromatic heterocycles. The van der Waals surface area contributed by atoms with Crippen LogP contribution in [0.5, 0.6) is 0 Å². The molecule has 0 amide bonds. The minimum absolute atomic E-state index is 0. The molecule has 73 valence electrons. The van der Waals surface area contributed by atoms with Crippen LogP contribution in [0.2, 0.25) is 0 Å². The van der Waals surface area contributed by atoms with Crippen LogP contribution in [0.3, 0.4) is 0 Å². The maximum absolute atomic E-state index is 4.93. The Hall–Kier alpha value is 2.49. The zero-order valence-corrected chi connectivity index (χ0v) is 18.5. The number of hydrogen-bond acceptors (Lipinski definition) is 1. The summed E-state index contributed by atoms with van der Waals surface area (Å²) in [6.45, 7) is 8.00. The Kier molecular flexibility index (Phi) is 17.5. The maximum atomic E-state index is 4.93.